The van der Waals surface area contributed by atoms with E-state index in [9.17, 15) is 4.79 Å². The second-order valence-corrected chi connectivity index (χ2v) is 4.25. The number of hydrogen-bond acceptors (Lipinski definition) is 4. The number of ether oxygens (including phenoxy) is 2. The van der Waals surface area contributed by atoms with E-state index >= 15 is 0 Å². The lowest BCUT2D eigenvalue weighted by molar-refractivity contribution is 0.0600. The summed E-state index contributed by atoms with van der Waals surface area (Å²) in [5.74, 6) is 0.310. The van der Waals surface area contributed by atoms with Crippen molar-refractivity contribution in [1.29, 1.82) is 0 Å². The molecule has 0 aliphatic carbocycles. The topological polar surface area (TPSA) is 48.4 Å². The first-order valence-electron chi connectivity index (χ1n) is 4.87. The van der Waals surface area contributed by atoms with Crippen LogP contribution in [0.3, 0.4) is 0 Å². The van der Waals surface area contributed by atoms with Gasteiger partial charge in [-0.25, -0.2) is 4.79 Å². The number of aromatic nitrogens is 1. The van der Waals surface area contributed by atoms with Gasteiger partial charge in [-0.1, -0.05) is 0 Å². The average Bonchev–Trinajstić information content (AvgIpc) is 2.37. The van der Waals surface area contributed by atoms with Crippen molar-refractivity contribution < 1.29 is 14.3 Å². The first-order valence-corrected chi connectivity index (χ1v) is 5.66. The molecule has 0 radical (unpaired) electrons. The fourth-order valence-electron chi connectivity index (χ4n) is 1.51. The Bertz CT molecular complexity index is 583. The molecule has 17 heavy (non-hydrogen) atoms. The number of rotatable bonds is 2. The van der Waals surface area contributed by atoms with Crippen LogP contribution in [0.2, 0.25) is 0 Å². The quantitative estimate of drug-likeness (QED) is 0.800. The van der Waals surface area contributed by atoms with Crippen LogP contribution >= 0.6 is 15.9 Å². The van der Waals surface area contributed by atoms with Gasteiger partial charge in [0.25, 0.3) is 0 Å². The van der Waals surface area contributed by atoms with Gasteiger partial charge in [-0.3, -0.25) is 4.98 Å². The van der Waals surface area contributed by atoms with Crippen molar-refractivity contribution in [3.63, 3.8) is 0 Å². The molecule has 0 N–H and O–H groups in total. The summed E-state index contributed by atoms with van der Waals surface area (Å²) in [6.07, 6.45) is 1.49. The Morgan fingerprint density at radius 1 is 1.29 bits per heavy atom. The monoisotopic (exact) mass is 295 g/mol. The van der Waals surface area contributed by atoms with Crippen LogP contribution in [0.1, 0.15) is 10.4 Å². The molecule has 4 nitrogen and oxygen atoms in total. The van der Waals surface area contributed by atoms with Gasteiger partial charge in [-0.2, -0.15) is 0 Å². The van der Waals surface area contributed by atoms with Crippen molar-refractivity contribution in [2.75, 3.05) is 14.2 Å². The lowest BCUT2D eigenvalue weighted by Crippen LogP contribution is -2.01. The predicted octanol–water partition coefficient (Wildman–Crippen LogP) is 2.79. The normalized spacial score (nSPS) is 10.3. The second-order valence-electron chi connectivity index (χ2n) is 3.39. The molecule has 0 saturated heterocycles. The van der Waals surface area contributed by atoms with E-state index in [2.05, 4.69) is 25.7 Å². The molecule has 0 aliphatic rings. The van der Waals surface area contributed by atoms with E-state index in [0.29, 0.717) is 11.3 Å². The highest BCUT2D eigenvalue weighted by molar-refractivity contribution is 9.10. The van der Waals surface area contributed by atoms with Gasteiger partial charge >= 0.3 is 5.97 Å². The second kappa shape index (κ2) is 4.71. The highest BCUT2D eigenvalue weighted by Crippen LogP contribution is 2.28. The summed E-state index contributed by atoms with van der Waals surface area (Å²) in [6.45, 7) is 0. The van der Waals surface area contributed by atoms with Crippen molar-refractivity contribution in [2.24, 2.45) is 0 Å². The molecule has 0 spiro atoms. The number of hydrogen-bond donors (Lipinski definition) is 0. The number of methoxy groups -OCH3 is 2. The first kappa shape index (κ1) is 11.9. The van der Waals surface area contributed by atoms with E-state index in [-0.39, 0.29) is 0 Å². The van der Waals surface area contributed by atoms with E-state index in [4.69, 9.17) is 4.74 Å². The Labute approximate surface area is 107 Å². The third-order valence-corrected chi connectivity index (χ3v) is 3.04. The van der Waals surface area contributed by atoms with Crippen LogP contribution in [0.15, 0.2) is 28.9 Å². The van der Waals surface area contributed by atoms with Gasteiger partial charge in [-0.05, 0) is 28.1 Å². The maximum absolute atomic E-state index is 11.4. The minimum absolute atomic E-state index is 0.401. The van der Waals surface area contributed by atoms with Crippen molar-refractivity contribution in [3.8, 4) is 5.75 Å². The Morgan fingerprint density at radius 3 is 2.71 bits per heavy atom. The summed E-state index contributed by atoms with van der Waals surface area (Å²) >= 11 is 3.42. The zero-order valence-electron chi connectivity index (χ0n) is 9.36. The van der Waals surface area contributed by atoms with Gasteiger partial charge < -0.3 is 9.47 Å². The van der Waals surface area contributed by atoms with E-state index in [1.807, 2.05) is 6.07 Å². The van der Waals surface area contributed by atoms with Crippen molar-refractivity contribution in [1.82, 2.24) is 4.98 Å². The minimum atomic E-state index is -0.401. The molecule has 1 aromatic heterocycles. The molecule has 0 fully saturated rings. The lowest BCUT2D eigenvalue weighted by Gasteiger charge is -2.06. The zero-order chi connectivity index (χ0) is 12.4. The summed E-state index contributed by atoms with van der Waals surface area (Å²) < 4.78 is 10.6. The molecule has 2 rings (SSSR count). The molecule has 5 heteroatoms. The van der Waals surface area contributed by atoms with Gasteiger partial charge in [0.15, 0.2) is 0 Å². The summed E-state index contributed by atoms with van der Waals surface area (Å²) in [6, 6.07) is 5.36. The molecule has 0 saturated carbocycles. The summed E-state index contributed by atoms with van der Waals surface area (Å²) in [4.78, 5) is 15.6. The third-order valence-electron chi connectivity index (χ3n) is 2.38. The van der Waals surface area contributed by atoms with Crippen LogP contribution in [-0.4, -0.2) is 25.2 Å². The maximum Gasteiger partial charge on any atom is 0.339 e. The summed E-state index contributed by atoms with van der Waals surface area (Å²) in [5.41, 5.74) is 1.18. The van der Waals surface area contributed by atoms with Gasteiger partial charge in [0.05, 0.1) is 25.3 Å². The highest BCUT2D eigenvalue weighted by atomic mass is 79.9. The molecule has 88 valence electrons. The van der Waals surface area contributed by atoms with Gasteiger partial charge in [-0.15, -0.1) is 0 Å². The SMILES string of the molecule is COC(=O)c1cnc2cc(OC)cc(Br)c2c1. The molecule has 0 atom stereocenters. The van der Waals surface area contributed by atoms with Crippen LogP contribution < -0.4 is 4.74 Å². The van der Waals surface area contributed by atoms with Crippen LogP contribution in [0.25, 0.3) is 10.9 Å². The van der Waals surface area contributed by atoms with Crippen LogP contribution in [-0.2, 0) is 4.74 Å². The van der Waals surface area contributed by atoms with Gasteiger partial charge in [0.1, 0.15) is 5.75 Å². The summed E-state index contributed by atoms with van der Waals surface area (Å²) in [7, 11) is 2.94. The standard InChI is InChI=1S/C12H10BrNO3/c1-16-8-4-10(13)9-3-7(12(15)17-2)6-14-11(9)5-8/h3-6H,1-2H3. The molecule has 0 bridgehead atoms. The number of pyridine rings is 1. The first-order chi connectivity index (χ1) is 8.15. The van der Waals surface area contributed by atoms with Crippen molar-refractivity contribution >= 4 is 32.8 Å². The fraction of sp³-hybridized carbons (Fsp3) is 0.167. The lowest BCUT2D eigenvalue weighted by atomic mass is 10.1. The Balaban J connectivity index is 2.62. The number of esters is 1. The molecule has 0 unspecified atom stereocenters. The highest BCUT2D eigenvalue weighted by Gasteiger charge is 2.09. The third kappa shape index (κ3) is 2.24. The molecule has 1 heterocycles. The number of carbonyl (C=O) groups excluding carboxylic acids is 1. The molecule has 1 aromatic carbocycles. The average molecular weight is 296 g/mol. The number of nitrogens with zero attached hydrogens (tertiary/aromatic N) is 1. The number of carbonyl (C=O) groups is 1. The smallest absolute Gasteiger partial charge is 0.339 e. The van der Waals surface area contributed by atoms with Crippen LogP contribution in [0.4, 0.5) is 0 Å². The predicted molar refractivity (Wildman–Crippen MR) is 67.3 cm³/mol. The van der Waals surface area contributed by atoms with Crippen molar-refractivity contribution in [3.05, 3.63) is 34.4 Å². The minimum Gasteiger partial charge on any atom is -0.497 e. The zero-order valence-corrected chi connectivity index (χ0v) is 10.9. The van der Waals surface area contributed by atoms with E-state index in [1.165, 1.54) is 13.3 Å². The molecule has 2 aromatic rings. The molecular weight excluding hydrogens is 286 g/mol. The number of fused-ring (bicyclic) bond motifs is 1. The fourth-order valence-corrected chi connectivity index (χ4v) is 2.05. The van der Waals surface area contributed by atoms with Crippen LogP contribution in [0.5, 0.6) is 5.75 Å². The number of benzene rings is 1. The molecule has 0 aliphatic heterocycles. The van der Waals surface area contributed by atoms with E-state index < -0.39 is 5.97 Å². The summed E-state index contributed by atoms with van der Waals surface area (Å²) in [5, 5.41) is 0.841. The number of halogens is 1. The largest absolute Gasteiger partial charge is 0.497 e. The Morgan fingerprint density at radius 2 is 2.06 bits per heavy atom. The molecular formula is C12H10BrNO3. The molecule has 0 amide bonds. The Hall–Kier alpha value is -1.62. The Kier molecular flexibility index (Phi) is 3.28. The van der Waals surface area contributed by atoms with Gasteiger partial charge in [0.2, 0.25) is 0 Å². The van der Waals surface area contributed by atoms with E-state index in [0.717, 1.165) is 15.4 Å². The van der Waals surface area contributed by atoms with Gasteiger partial charge in [0, 0.05) is 22.1 Å². The van der Waals surface area contributed by atoms with Crippen LogP contribution in [0, 0.1) is 0 Å². The van der Waals surface area contributed by atoms with Crippen molar-refractivity contribution in [2.45, 2.75) is 0 Å². The van der Waals surface area contributed by atoms with E-state index in [1.54, 1.807) is 19.2 Å². The maximum atomic E-state index is 11.4.